The molecule has 1 aromatic carbocycles. The normalized spacial score (nSPS) is 16.2. The predicted molar refractivity (Wildman–Crippen MR) is 143 cm³/mol. The number of carbonyl (C=O) groups is 2. The highest BCUT2D eigenvalue weighted by molar-refractivity contribution is 8.00. The number of ether oxygens (including phenoxy) is 1. The monoisotopic (exact) mass is 512 g/mol. The lowest BCUT2D eigenvalue weighted by Crippen LogP contribution is -2.43. The third-order valence-electron chi connectivity index (χ3n) is 5.85. The van der Waals surface area contributed by atoms with Gasteiger partial charge in [-0.15, -0.1) is 11.8 Å². The highest BCUT2D eigenvalue weighted by atomic mass is 32.2. The second-order valence-electron chi connectivity index (χ2n) is 9.65. The van der Waals surface area contributed by atoms with Gasteiger partial charge in [-0.05, 0) is 41.4 Å². The number of aryl methyl sites for hydroxylation is 1. The van der Waals surface area contributed by atoms with Crippen LogP contribution in [0.2, 0.25) is 0 Å². The van der Waals surface area contributed by atoms with Gasteiger partial charge in [0.2, 0.25) is 11.8 Å². The van der Waals surface area contributed by atoms with Crippen LogP contribution in [0, 0.1) is 6.92 Å². The van der Waals surface area contributed by atoms with Crippen molar-refractivity contribution in [1.82, 2.24) is 15.1 Å². The standard InChI is InChI=1S/C26H32N4O3S2/c1-17-6-8-19(9-7-17)30-25-22(24(28-30)26(2,3)4)23(18-10-13-34-15-18)35-16-21(32)29(25)14-20(31)27-11-12-33-5/h6-10,13,15,23H,11-12,14,16H2,1-5H3,(H,27,31)/t23-/m0/s1. The molecule has 7 nitrogen and oxygen atoms in total. The number of nitrogens with one attached hydrogen (secondary N) is 1. The minimum Gasteiger partial charge on any atom is -0.383 e. The summed E-state index contributed by atoms with van der Waals surface area (Å²) in [4.78, 5) is 28.0. The molecule has 1 atom stereocenters. The molecule has 0 bridgehead atoms. The van der Waals surface area contributed by atoms with Crippen LogP contribution in [0.25, 0.3) is 5.69 Å². The van der Waals surface area contributed by atoms with Crippen LogP contribution in [-0.4, -0.2) is 54.2 Å². The molecule has 0 spiro atoms. The zero-order chi connectivity index (χ0) is 25.2. The number of fused-ring (bicyclic) bond motifs is 1. The average molecular weight is 513 g/mol. The van der Waals surface area contributed by atoms with Gasteiger partial charge in [0.15, 0.2) is 0 Å². The van der Waals surface area contributed by atoms with Crippen molar-refractivity contribution >= 4 is 40.7 Å². The first kappa shape index (κ1) is 25.5. The van der Waals surface area contributed by atoms with E-state index in [1.165, 1.54) is 0 Å². The molecule has 186 valence electrons. The third-order valence-corrected chi connectivity index (χ3v) is 7.81. The van der Waals surface area contributed by atoms with E-state index in [4.69, 9.17) is 9.84 Å². The lowest BCUT2D eigenvalue weighted by molar-refractivity contribution is -0.123. The summed E-state index contributed by atoms with van der Waals surface area (Å²) in [5.41, 5.74) is 4.80. The molecule has 0 saturated heterocycles. The van der Waals surface area contributed by atoms with E-state index in [1.807, 2.05) is 35.9 Å². The Kier molecular flexibility index (Phi) is 7.68. The van der Waals surface area contributed by atoms with Gasteiger partial charge in [-0.3, -0.25) is 14.5 Å². The fraction of sp³-hybridized carbons (Fsp3) is 0.423. The Bertz CT molecular complexity index is 1180. The number of thioether (sulfide) groups is 1. The first-order valence-corrected chi connectivity index (χ1v) is 13.6. The molecule has 3 aromatic rings. The van der Waals surface area contributed by atoms with Crippen molar-refractivity contribution in [2.75, 3.05) is 37.5 Å². The largest absolute Gasteiger partial charge is 0.383 e. The lowest BCUT2D eigenvalue weighted by Gasteiger charge is -2.24. The number of methoxy groups -OCH3 is 1. The molecule has 0 unspecified atom stereocenters. The molecule has 0 fully saturated rings. The van der Waals surface area contributed by atoms with Gasteiger partial charge in [0.25, 0.3) is 0 Å². The maximum atomic E-state index is 13.5. The summed E-state index contributed by atoms with van der Waals surface area (Å²) in [7, 11) is 1.59. The van der Waals surface area contributed by atoms with Crippen molar-refractivity contribution in [3.63, 3.8) is 0 Å². The van der Waals surface area contributed by atoms with Gasteiger partial charge < -0.3 is 10.1 Å². The van der Waals surface area contributed by atoms with Gasteiger partial charge in [-0.25, -0.2) is 4.68 Å². The van der Waals surface area contributed by atoms with E-state index in [-0.39, 0.29) is 34.8 Å². The number of amides is 2. The number of thiophene rings is 1. The summed E-state index contributed by atoms with van der Waals surface area (Å²) in [5, 5.41) is 12.1. The number of rotatable bonds is 7. The van der Waals surface area contributed by atoms with Crippen LogP contribution in [0.15, 0.2) is 41.1 Å². The molecule has 3 heterocycles. The summed E-state index contributed by atoms with van der Waals surface area (Å²) in [5.74, 6) is 0.614. The smallest absolute Gasteiger partial charge is 0.240 e. The van der Waals surface area contributed by atoms with Crippen molar-refractivity contribution in [1.29, 1.82) is 0 Å². The van der Waals surface area contributed by atoms with Crippen molar-refractivity contribution in [3.05, 3.63) is 63.5 Å². The molecule has 9 heteroatoms. The number of nitrogens with zero attached hydrogens (tertiary/aromatic N) is 3. The Hall–Kier alpha value is -2.62. The number of carbonyl (C=O) groups excluding carboxylic acids is 2. The van der Waals surface area contributed by atoms with E-state index in [9.17, 15) is 9.59 Å². The van der Waals surface area contributed by atoms with Crippen LogP contribution in [0.4, 0.5) is 5.82 Å². The molecular formula is C26H32N4O3S2. The molecule has 35 heavy (non-hydrogen) atoms. The molecule has 1 aliphatic heterocycles. The second-order valence-corrected chi connectivity index (χ2v) is 11.5. The van der Waals surface area contributed by atoms with E-state index in [0.29, 0.717) is 19.0 Å². The minimum atomic E-state index is -0.269. The van der Waals surface area contributed by atoms with Crippen molar-refractivity contribution < 1.29 is 14.3 Å². The molecular weight excluding hydrogens is 480 g/mol. The predicted octanol–water partition coefficient (Wildman–Crippen LogP) is 4.47. The van der Waals surface area contributed by atoms with Crippen LogP contribution in [0.3, 0.4) is 0 Å². The average Bonchev–Trinajstić information content (AvgIpc) is 3.45. The first-order valence-electron chi connectivity index (χ1n) is 11.6. The Morgan fingerprint density at radius 1 is 1.23 bits per heavy atom. The van der Waals surface area contributed by atoms with Gasteiger partial charge in [0.05, 0.1) is 29.0 Å². The molecule has 2 aromatic heterocycles. The molecule has 1 N–H and O–H groups in total. The van der Waals surface area contributed by atoms with E-state index >= 15 is 0 Å². The highest BCUT2D eigenvalue weighted by Crippen LogP contribution is 2.48. The van der Waals surface area contributed by atoms with Crippen LogP contribution in [0.1, 0.15) is 48.4 Å². The topological polar surface area (TPSA) is 76.5 Å². The zero-order valence-electron chi connectivity index (χ0n) is 20.8. The molecule has 0 saturated carbocycles. The van der Waals surface area contributed by atoms with Crippen LogP contribution in [0.5, 0.6) is 0 Å². The second kappa shape index (κ2) is 10.6. The van der Waals surface area contributed by atoms with Crippen LogP contribution >= 0.6 is 23.1 Å². The van der Waals surface area contributed by atoms with Gasteiger partial charge in [-0.1, -0.05) is 38.5 Å². The molecule has 4 rings (SSSR count). The number of hydrogen-bond acceptors (Lipinski definition) is 6. The fourth-order valence-electron chi connectivity index (χ4n) is 4.12. The van der Waals surface area contributed by atoms with Gasteiger partial charge in [0.1, 0.15) is 12.4 Å². The van der Waals surface area contributed by atoms with E-state index in [2.05, 4.69) is 42.9 Å². The van der Waals surface area contributed by atoms with Crippen LogP contribution < -0.4 is 10.2 Å². The summed E-state index contributed by atoms with van der Waals surface area (Å²) < 4.78 is 6.90. The zero-order valence-corrected chi connectivity index (χ0v) is 22.5. The summed E-state index contributed by atoms with van der Waals surface area (Å²) in [6, 6.07) is 10.2. The number of aromatic nitrogens is 2. The summed E-state index contributed by atoms with van der Waals surface area (Å²) in [6.45, 7) is 9.18. The Morgan fingerprint density at radius 3 is 2.60 bits per heavy atom. The van der Waals surface area contributed by atoms with Crippen LogP contribution in [-0.2, 0) is 19.7 Å². The Labute approximate surface area is 214 Å². The lowest BCUT2D eigenvalue weighted by atomic mass is 9.87. The van der Waals surface area contributed by atoms with Gasteiger partial charge >= 0.3 is 0 Å². The van der Waals surface area contributed by atoms with Crippen molar-refractivity contribution in [2.45, 2.75) is 38.4 Å². The van der Waals surface area contributed by atoms with Crippen molar-refractivity contribution in [3.8, 4) is 5.69 Å². The Balaban J connectivity index is 1.92. The number of hydrogen-bond donors (Lipinski definition) is 1. The fourth-order valence-corrected chi connectivity index (χ4v) is 6.08. The molecule has 1 aliphatic rings. The number of anilines is 1. The number of benzene rings is 1. The Morgan fingerprint density at radius 2 is 1.97 bits per heavy atom. The van der Waals surface area contributed by atoms with Crippen molar-refractivity contribution in [2.24, 2.45) is 0 Å². The summed E-state index contributed by atoms with van der Waals surface area (Å²) in [6.07, 6.45) is 0. The van der Waals surface area contributed by atoms with Gasteiger partial charge in [-0.2, -0.15) is 16.4 Å². The maximum Gasteiger partial charge on any atom is 0.240 e. The van der Waals surface area contributed by atoms with Gasteiger partial charge in [0, 0.05) is 24.6 Å². The SMILES string of the molecule is COCCNC(=O)CN1C(=O)CS[C@@H](c2ccsc2)c2c(C(C)(C)C)nn(-c3ccc(C)cc3)c21. The first-order chi connectivity index (χ1) is 16.7. The van der Waals surface area contributed by atoms with E-state index < -0.39 is 0 Å². The molecule has 0 radical (unpaired) electrons. The molecule has 2 amide bonds. The van der Waals surface area contributed by atoms with E-state index in [1.54, 1.807) is 35.1 Å². The quantitative estimate of drug-likeness (QED) is 0.473. The maximum absolute atomic E-state index is 13.5. The third kappa shape index (κ3) is 5.47. The highest BCUT2D eigenvalue weighted by Gasteiger charge is 2.39. The van der Waals surface area contributed by atoms with E-state index in [0.717, 1.165) is 28.1 Å². The minimum absolute atomic E-state index is 0.0600. The summed E-state index contributed by atoms with van der Waals surface area (Å²) >= 11 is 3.24. The molecule has 0 aliphatic carbocycles.